The normalized spacial score (nSPS) is 10.6. The van der Waals surface area contributed by atoms with Gasteiger partial charge in [-0.1, -0.05) is 15.9 Å². The maximum atomic E-state index is 11.2. The topological polar surface area (TPSA) is 42.9 Å². The van der Waals surface area contributed by atoms with Gasteiger partial charge in [0, 0.05) is 22.5 Å². The van der Waals surface area contributed by atoms with E-state index in [-0.39, 0.29) is 11.6 Å². The van der Waals surface area contributed by atoms with E-state index in [0.717, 1.165) is 21.1 Å². The summed E-state index contributed by atoms with van der Waals surface area (Å²) in [6.07, 6.45) is 0. The number of aromatic nitrogens is 2. The van der Waals surface area contributed by atoms with Crippen LogP contribution in [-0.2, 0) is 0 Å². The van der Waals surface area contributed by atoms with Crippen molar-refractivity contribution < 1.29 is 4.79 Å². The molecule has 2 rings (SSSR count). The Bertz CT molecular complexity index is 552. The molecule has 0 atom stereocenters. The molecule has 0 aliphatic carbocycles. The van der Waals surface area contributed by atoms with Gasteiger partial charge in [0.2, 0.25) is 0 Å². The Hall–Kier alpha value is -1.29. The van der Waals surface area contributed by atoms with E-state index >= 15 is 0 Å². The van der Waals surface area contributed by atoms with Crippen molar-refractivity contribution >= 4 is 32.6 Å². The van der Waals surface area contributed by atoms with Crippen LogP contribution >= 0.6 is 15.9 Å². The van der Waals surface area contributed by atoms with Crippen molar-refractivity contribution in [2.45, 2.75) is 13.8 Å². The molecule has 1 aromatic heterocycles. The molecule has 15 heavy (non-hydrogen) atoms. The van der Waals surface area contributed by atoms with Crippen LogP contribution in [0.25, 0.3) is 10.9 Å². The summed E-state index contributed by atoms with van der Waals surface area (Å²) in [7, 11) is 0. The zero-order chi connectivity index (χ0) is 11.0. The maximum absolute atomic E-state index is 11.2. The van der Waals surface area contributed by atoms with E-state index in [1.807, 2.05) is 25.1 Å². The molecule has 0 unspecified atom stereocenters. The van der Waals surface area contributed by atoms with Gasteiger partial charge in [-0.15, -0.1) is 0 Å². The molecule has 3 nitrogen and oxygen atoms in total. The maximum Gasteiger partial charge on any atom is 0.196 e. The Morgan fingerprint density at radius 3 is 2.73 bits per heavy atom. The van der Waals surface area contributed by atoms with Gasteiger partial charge in [-0.05, 0) is 25.1 Å². The lowest BCUT2D eigenvalue weighted by Crippen LogP contribution is -2.03. The van der Waals surface area contributed by atoms with E-state index in [0.29, 0.717) is 0 Å². The van der Waals surface area contributed by atoms with Crippen LogP contribution in [0, 0.1) is 6.92 Å². The van der Waals surface area contributed by atoms with E-state index in [2.05, 4.69) is 25.9 Å². The second-order valence-electron chi connectivity index (χ2n) is 3.35. The summed E-state index contributed by atoms with van der Waals surface area (Å²) in [5, 5.41) is 0.975. The monoisotopic (exact) mass is 264 g/mol. The summed E-state index contributed by atoms with van der Waals surface area (Å²) in [5.74, 6) is 0.165. The van der Waals surface area contributed by atoms with Crippen LogP contribution in [0.15, 0.2) is 22.7 Å². The standard InChI is InChI=1S/C11H9BrN2O/c1-6-9-4-3-8(12)5-10(9)14-11(13-6)7(2)15/h3-5H,1-2H3. The lowest BCUT2D eigenvalue weighted by molar-refractivity contribution is 0.100. The van der Waals surface area contributed by atoms with Crippen LogP contribution < -0.4 is 0 Å². The fourth-order valence-corrected chi connectivity index (χ4v) is 1.77. The summed E-state index contributed by atoms with van der Waals surface area (Å²) in [6.45, 7) is 3.35. The highest BCUT2D eigenvalue weighted by molar-refractivity contribution is 9.10. The van der Waals surface area contributed by atoms with E-state index in [9.17, 15) is 4.79 Å². The van der Waals surface area contributed by atoms with Gasteiger partial charge in [0.1, 0.15) is 0 Å². The van der Waals surface area contributed by atoms with Gasteiger partial charge in [-0.3, -0.25) is 4.79 Å². The molecule has 1 heterocycles. The lowest BCUT2D eigenvalue weighted by Gasteiger charge is -2.03. The summed E-state index contributed by atoms with van der Waals surface area (Å²) >= 11 is 3.37. The Balaban J connectivity index is 2.79. The third-order valence-corrected chi connectivity index (χ3v) is 2.66. The van der Waals surface area contributed by atoms with Crippen molar-refractivity contribution in [3.63, 3.8) is 0 Å². The number of Topliss-reactive ketones (excluding diaryl/α,β-unsaturated/α-hetero) is 1. The lowest BCUT2D eigenvalue weighted by atomic mass is 10.2. The van der Waals surface area contributed by atoms with E-state index in [4.69, 9.17) is 0 Å². The molecule has 0 amide bonds. The number of nitrogens with zero attached hydrogens (tertiary/aromatic N) is 2. The molecule has 76 valence electrons. The second-order valence-corrected chi connectivity index (χ2v) is 4.27. The number of carbonyl (C=O) groups is 1. The molecule has 0 aliphatic heterocycles. The summed E-state index contributed by atoms with van der Waals surface area (Å²) < 4.78 is 0.947. The molecular formula is C11H9BrN2O. The highest BCUT2D eigenvalue weighted by Crippen LogP contribution is 2.20. The zero-order valence-electron chi connectivity index (χ0n) is 8.41. The molecule has 0 spiro atoms. The predicted octanol–water partition coefficient (Wildman–Crippen LogP) is 2.90. The SMILES string of the molecule is CC(=O)c1nc(C)c2ccc(Br)cc2n1. The Morgan fingerprint density at radius 1 is 1.33 bits per heavy atom. The minimum absolute atomic E-state index is 0.111. The van der Waals surface area contributed by atoms with Crippen molar-refractivity contribution in [2.75, 3.05) is 0 Å². The molecule has 0 N–H and O–H groups in total. The quantitative estimate of drug-likeness (QED) is 0.744. The predicted molar refractivity (Wildman–Crippen MR) is 62.0 cm³/mol. The van der Waals surface area contributed by atoms with E-state index < -0.39 is 0 Å². The van der Waals surface area contributed by atoms with Crippen LogP contribution in [-0.4, -0.2) is 15.8 Å². The third-order valence-electron chi connectivity index (χ3n) is 2.16. The number of rotatable bonds is 1. The van der Waals surface area contributed by atoms with Crippen LogP contribution in [0.1, 0.15) is 23.2 Å². The number of hydrogen-bond donors (Lipinski definition) is 0. The Labute approximate surface area is 95.7 Å². The highest BCUT2D eigenvalue weighted by Gasteiger charge is 2.07. The van der Waals surface area contributed by atoms with Crippen molar-refractivity contribution in [1.29, 1.82) is 0 Å². The van der Waals surface area contributed by atoms with Gasteiger partial charge in [-0.25, -0.2) is 9.97 Å². The van der Waals surface area contributed by atoms with Gasteiger partial charge >= 0.3 is 0 Å². The largest absolute Gasteiger partial charge is 0.291 e. The zero-order valence-corrected chi connectivity index (χ0v) is 10.00. The van der Waals surface area contributed by atoms with Crippen LogP contribution in [0.5, 0.6) is 0 Å². The number of ketones is 1. The molecule has 4 heteroatoms. The highest BCUT2D eigenvalue weighted by atomic mass is 79.9. The summed E-state index contributed by atoms with van der Waals surface area (Å²) in [5.41, 5.74) is 1.62. The fourth-order valence-electron chi connectivity index (χ4n) is 1.42. The Kier molecular flexibility index (Phi) is 2.52. The van der Waals surface area contributed by atoms with Crippen LogP contribution in [0.4, 0.5) is 0 Å². The van der Waals surface area contributed by atoms with Crippen molar-refractivity contribution in [3.8, 4) is 0 Å². The number of benzene rings is 1. The van der Waals surface area contributed by atoms with Crippen LogP contribution in [0.2, 0.25) is 0 Å². The van der Waals surface area contributed by atoms with Gasteiger partial charge in [-0.2, -0.15) is 0 Å². The fraction of sp³-hybridized carbons (Fsp3) is 0.182. The van der Waals surface area contributed by atoms with Gasteiger partial charge < -0.3 is 0 Å². The van der Waals surface area contributed by atoms with E-state index in [1.54, 1.807) is 0 Å². The third kappa shape index (κ3) is 1.90. The van der Waals surface area contributed by atoms with Crippen molar-refractivity contribution in [1.82, 2.24) is 9.97 Å². The molecule has 0 radical (unpaired) electrons. The average molecular weight is 265 g/mol. The molecule has 1 aromatic carbocycles. The van der Waals surface area contributed by atoms with Gasteiger partial charge in [0.05, 0.1) is 5.52 Å². The minimum Gasteiger partial charge on any atom is -0.291 e. The molecule has 0 saturated heterocycles. The molecule has 0 bridgehead atoms. The number of halogens is 1. The van der Waals surface area contributed by atoms with Gasteiger partial charge in [0.15, 0.2) is 11.6 Å². The van der Waals surface area contributed by atoms with Gasteiger partial charge in [0.25, 0.3) is 0 Å². The summed E-state index contributed by atoms with van der Waals surface area (Å²) in [6, 6.07) is 5.77. The first-order valence-electron chi connectivity index (χ1n) is 4.53. The van der Waals surface area contributed by atoms with Crippen LogP contribution in [0.3, 0.4) is 0 Å². The first-order chi connectivity index (χ1) is 7.08. The molecular weight excluding hydrogens is 256 g/mol. The molecule has 0 aliphatic rings. The average Bonchev–Trinajstić information content (AvgIpc) is 2.16. The second kappa shape index (κ2) is 3.70. The van der Waals surface area contributed by atoms with Crippen molar-refractivity contribution in [3.05, 3.63) is 34.2 Å². The minimum atomic E-state index is -0.111. The smallest absolute Gasteiger partial charge is 0.196 e. The number of fused-ring (bicyclic) bond motifs is 1. The molecule has 2 aromatic rings. The molecule has 0 fully saturated rings. The number of hydrogen-bond acceptors (Lipinski definition) is 3. The first-order valence-corrected chi connectivity index (χ1v) is 5.32. The molecule has 0 saturated carbocycles. The Morgan fingerprint density at radius 2 is 2.07 bits per heavy atom. The van der Waals surface area contributed by atoms with Crippen molar-refractivity contribution in [2.24, 2.45) is 0 Å². The van der Waals surface area contributed by atoms with E-state index in [1.165, 1.54) is 6.92 Å². The number of carbonyl (C=O) groups excluding carboxylic acids is 1. The summed E-state index contributed by atoms with van der Waals surface area (Å²) in [4.78, 5) is 19.5. The number of aryl methyl sites for hydroxylation is 1. The first kappa shape index (κ1) is 10.2.